The van der Waals surface area contributed by atoms with Gasteiger partial charge in [-0.05, 0) is 75.2 Å². The highest BCUT2D eigenvalue weighted by Crippen LogP contribution is 2.35. The number of nitrogens with one attached hydrogen (secondary N) is 1. The van der Waals surface area contributed by atoms with Gasteiger partial charge in [-0.25, -0.2) is 8.42 Å². The minimum absolute atomic E-state index is 0.275. The molecule has 0 aliphatic carbocycles. The van der Waals surface area contributed by atoms with Crippen molar-refractivity contribution in [2.75, 3.05) is 25.9 Å². The van der Waals surface area contributed by atoms with Crippen LogP contribution in [0.3, 0.4) is 0 Å². The zero-order valence-corrected chi connectivity index (χ0v) is 21.7. The lowest BCUT2D eigenvalue weighted by Gasteiger charge is -2.38. The standard InChI is InChI=1S/C28H31N5O2S/c1-28(2,18-30)19-33-13-11-21(12-14-33)26-25(23-6-4-5-20(15-23)16-29)17-31-27(32-26)22-7-9-24(10-8-22)36(3,34)35/h4-10,15,17,21,27,32H,11-14,19H2,1-3H3. The van der Waals surface area contributed by atoms with Gasteiger partial charge in [0.2, 0.25) is 0 Å². The fourth-order valence-electron chi connectivity index (χ4n) is 4.85. The van der Waals surface area contributed by atoms with Crippen molar-refractivity contribution in [3.63, 3.8) is 0 Å². The lowest BCUT2D eigenvalue weighted by Crippen LogP contribution is -2.41. The van der Waals surface area contributed by atoms with Gasteiger partial charge in [0.15, 0.2) is 9.84 Å². The number of aliphatic imine (C=N–C) groups is 1. The SMILES string of the molecule is CC(C)(C#N)CN1CCC(C2=C(c3cccc(C#N)c3)C=NC(c3ccc(S(C)(=O)=O)cc3)N2)CC1. The molecule has 36 heavy (non-hydrogen) atoms. The fourth-order valence-corrected chi connectivity index (χ4v) is 5.48. The van der Waals surface area contributed by atoms with E-state index >= 15 is 0 Å². The number of nitrogens with zero attached hydrogens (tertiary/aromatic N) is 4. The van der Waals surface area contributed by atoms with E-state index in [1.54, 1.807) is 30.3 Å². The Labute approximate surface area is 213 Å². The summed E-state index contributed by atoms with van der Waals surface area (Å²) < 4.78 is 23.7. The van der Waals surface area contributed by atoms with Crippen molar-refractivity contribution in [2.45, 2.75) is 37.8 Å². The van der Waals surface area contributed by atoms with Crippen molar-refractivity contribution in [3.8, 4) is 12.1 Å². The second kappa shape index (κ2) is 10.3. The van der Waals surface area contributed by atoms with Gasteiger partial charge in [0, 0.05) is 36.2 Å². The van der Waals surface area contributed by atoms with Crippen LogP contribution in [0.5, 0.6) is 0 Å². The summed E-state index contributed by atoms with van der Waals surface area (Å²) >= 11 is 0. The summed E-state index contributed by atoms with van der Waals surface area (Å²) in [7, 11) is -3.27. The van der Waals surface area contributed by atoms with Crippen molar-refractivity contribution < 1.29 is 8.42 Å². The van der Waals surface area contributed by atoms with Crippen LogP contribution in [0.1, 0.15) is 49.5 Å². The number of nitriles is 2. The molecule has 2 heterocycles. The van der Waals surface area contributed by atoms with Crippen molar-refractivity contribution in [2.24, 2.45) is 16.3 Å². The largest absolute Gasteiger partial charge is 0.363 e. The molecule has 1 saturated heterocycles. The predicted molar refractivity (Wildman–Crippen MR) is 141 cm³/mol. The van der Waals surface area contributed by atoms with Crippen LogP contribution in [0.15, 0.2) is 64.1 Å². The monoisotopic (exact) mass is 501 g/mol. The maximum atomic E-state index is 11.9. The summed E-state index contributed by atoms with van der Waals surface area (Å²) in [6.07, 6.45) is 4.64. The molecule has 7 nitrogen and oxygen atoms in total. The molecule has 0 aromatic heterocycles. The van der Waals surface area contributed by atoms with Crippen LogP contribution in [0.2, 0.25) is 0 Å². The average molecular weight is 502 g/mol. The molecule has 0 radical (unpaired) electrons. The highest BCUT2D eigenvalue weighted by atomic mass is 32.2. The van der Waals surface area contributed by atoms with E-state index < -0.39 is 9.84 Å². The van der Waals surface area contributed by atoms with Crippen LogP contribution < -0.4 is 5.32 Å². The Bertz CT molecular complexity index is 1370. The van der Waals surface area contributed by atoms with Gasteiger partial charge in [0.1, 0.15) is 6.17 Å². The van der Waals surface area contributed by atoms with Gasteiger partial charge in [-0.2, -0.15) is 10.5 Å². The van der Waals surface area contributed by atoms with E-state index in [2.05, 4.69) is 22.4 Å². The van der Waals surface area contributed by atoms with Crippen molar-refractivity contribution in [3.05, 3.63) is 70.9 Å². The van der Waals surface area contributed by atoms with Crippen LogP contribution in [0.4, 0.5) is 0 Å². The Kier molecular flexibility index (Phi) is 7.31. The van der Waals surface area contributed by atoms with E-state index in [1.165, 1.54) is 6.26 Å². The molecule has 186 valence electrons. The number of benzene rings is 2. The third-order valence-corrected chi connectivity index (χ3v) is 7.91. The van der Waals surface area contributed by atoms with Crippen molar-refractivity contribution >= 4 is 21.6 Å². The summed E-state index contributed by atoms with van der Waals surface area (Å²) in [6, 6.07) is 19.0. The third-order valence-electron chi connectivity index (χ3n) is 6.78. The Morgan fingerprint density at radius 2 is 1.81 bits per heavy atom. The molecule has 2 aromatic rings. The Hall–Kier alpha value is -3.46. The van der Waals surface area contributed by atoms with Gasteiger partial charge in [-0.3, -0.25) is 4.99 Å². The third kappa shape index (κ3) is 5.84. The molecule has 2 aromatic carbocycles. The molecular formula is C28H31N5O2S. The van der Waals surface area contributed by atoms with E-state index in [1.807, 2.05) is 38.3 Å². The zero-order chi connectivity index (χ0) is 25.9. The predicted octanol–water partition coefficient (Wildman–Crippen LogP) is 4.31. The summed E-state index contributed by atoms with van der Waals surface area (Å²) in [5.41, 5.74) is 4.12. The molecule has 0 saturated carbocycles. The van der Waals surface area contributed by atoms with E-state index in [0.29, 0.717) is 5.56 Å². The second-order valence-electron chi connectivity index (χ2n) is 10.2. The number of hydrogen-bond acceptors (Lipinski definition) is 7. The smallest absolute Gasteiger partial charge is 0.175 e. The molecule has 4 rings (SSSR count). The highest BCUT2D eigenvalue weighted by Gasteiger charge is 2.31. The molecule has 1 atom stereocenters. The first-order valence-corrected chi connectivity index (χ1v) is 14.0. The molecule has 1 fully saturated rings. The first-order valence-electron chi connectivity index (χ1n) is 12.1. The second-order valence-corrected chi connectivity index (χ2v) is 12.2. The number of allylic oxidation sites excluding steroid dienone is 2. The molecule has 2 aliphatic rings. The molecule has 0 spiro atoms. The number of likely N-dealkylation sites (tertiary alicyclic amines) is 1. The quantitative estimate of drug-likeness (QED) is 0.632. The summed E-state index contributed by atoms with van der Waals surface area (Å²) in [4.78, 5) is 7.39. The van der Waals surface area contributed by atoms with Crippen LogP contribution >= 0.6 is 0 Å². The Morgan fingerprint density at radius 3 is 2.42 bits per heavy atom. The Balaban J connectivity index is 1.62. The van der Waals surface area contributed by atoms with Gasteiger partial charge in [-0.15, -0.1) is 0 Å². The number of sulfone groups is 1. The van der Waals surface area contributed by atoms with Gasteiger partial charge < -0.3 is 10.2 Å². The highest BCUT2D eigenvalue weighted by molar-refractivity contribution is 7.90. The van der Waals surface area contributed by atoms with Gasteiger partial charge in [0.25, 0.3) is 0 Å². The van der Waals surface area contributed by atoms with E-state index in [9.17, 15) is 18.9 Å². The number of piperidine rings is 1. The molecule has 0 bridgehead atoms. The summed E-state index contributed by atoms with van der Waals surface area (Å²) in [5.74, 6) is 0.275. The number of rotatable bonds is 6. The van der Waals surface area contributed by atoms with Crippen molar-refractivity contribution in [1.29, 1.82) is 10.5 Å². The normalized spacial score (nSPS) is 19.4. The van der Waals surface area contributed by atoms with E-state index in [-0.39, 0.29) is 22.4 Å². The van der Waals surface area contributed by atoms with Crippen molar-refractivity contribution in [1.82, 2.24) is 10.2 Å². The topological polar surface area (TPSA) is 109 Å². The van der Waals surface area contributed by atoms with Gasteiger partial charge in [0.05, 0.1) is 28.0 Å². The number of hydrogen-bond donors (Lipinski definition) is 1. The zero-order valence-electron chi connectivity index (χ0n) is 20.9. The van der Waals surface area contributed by atoms with E-state index in [0.717, 1.165) is 54.9 Å². The molecular weight excluding hydrogens is 470 g/mol. The maximum absolute atomic E-state index is 11.9. The lowest BCUT2D eigenvalue weighted by molar-refractivity contribution is 0.157. The molecule has 1 N–H and O–H groups in total. The minimum atomic E-state index is -3.27. The van der Waals surface area contributed by atoms with Crippen LogP contribution in [0.25, 0.3) is 5.57 Å². The molecule has 0 amide bonds. The fraction of sp³-hybridized carbons (Fsp3) is 0.393. The van der Waals surface area contributed by atoms with Crippen LogP contribution in [-0.2, 0) is 9.84 Å². The maximum Gasteiger partial charge on any atom is 0.175 e. The Morgan fingerprint density at radius 1 is 1.11 bits per heavy atom. The average Bonchev–Trinajstić information content (AvgIpc) is 2.88. The minimum Gasteiger partial charge on any atom is -0.363 e. The van der Waals surface area contributed by atoms with Crippen LogP contribution in [-0.4, -0.2) is 45.4 Å². The first-order chi connectivity index (χ1) is 17.1. The summed E-state index contributed by atoms with van der Waals surface area (Å²) in [5, 5.41) is 22.5. The van der Waals surface area contributed by atoms with E-state index in [4.69, 9.17) is 4.99 Å². The molecule has 1 unspecified atom stereocenters. The van der Waals surface area contributed by atoms with Crippen LogP contribution in [0, 0.1) is 34.0 Å². The first kappa shape index (κ1) is 25.6. The van der Waals surface area contributed by atoms with Gasteiger partial charge >= 0.3 is 0 Å². The lowest BCUT2D eigenvalue weighted by atomic mass is 9.86. The molecule has 2 aliphatic heterocycles. The molecule has 8 heteroatoms. The summed E-state index contributed by atoms with van der Waals surface area (Å²) in [6.45, 7) is 6.49. The van der Waals surface area contributed by atoms with Gasteiger partial charge in [-0.1, -0.05) is 24.3 Å².